The number of methoxy groups -OCH3 is 1. The summed E-state index contributed by atoms with van der Waals surface area (Å²) in [6.45, 7) is 1.41. The van der Waals surface area contributed by atoms with E-state index in [-0.39, 0.29) is 12.5 Å². The summed E-state index contributed by atoms with van der Waals surface area (Å²) in [6.07, 6.45) is 0. The van der Waals surface area contributed by atoms with E-state index in [0.29, 0.717) is 18.0 Å². The van der Waals surface area contributed by atoms with Crippen molar-refractivity contribution in [3.63, 3.8) is 0 Å². The van der Waals surface area contributed by atoms with Gasteiger partial charge in [-0.25, -0.2) is 0 Å². The number of rotatable bonds is 7. The summed E-state index contributed by atoms with van der Waals surface area (Å²) >= 11 is 0. The molecular formula is C13H20N2O3. The van der Waals surface area contributed by atoms with E-state index in [9.17, 15) is 4.79 Å². The summed E-state index contributed by atoms with van der Waals surface area (Å²) in [5.74, 6) is 1.06. The number of likely N-dealkylation sites (N-methyl/N-ethyl adjacent to an activating group) is 1. The van der Waals surface area contributed by atoms with Gasteiger partial charge in [-0.05, 0) is 26.2 Å². The highest BCUT2D eigenvalue weighted by Crippen LogP contribution is 2.25. The molecule has 0 bridgehead atoms. The maximum absolute atomic E-state index is 11.5. The van der Waals surface area contributed by atoms with E-state index in [1.807, 2.05) is 31.1 Å². The highest BCUT2D eigenvalue weighted by atomic mass is 16.5. The van der Waals surface area contributed by atoms with Gasteiger partial charge in [0.1, 0.15) is 0 Å². The lowest BCUT2D eigenvalue weighted by molar-refractivity contribution is -0.123. The van der Waals surface area contributed by atoms with Gasteiger partial charge in [-0.3, -0.25) is 4.79 Å². The van der Waals surface area contributed by atoms with Crippen LogP contribution in [0.3, 0.4) is 0 Å². The molecule has 0 spiro atoms. The molecular weight excluding hydrogens is 232 g/mol. The molecule has 0 fully saturated rings. The first-order valence-corrected chi connectivity index (χ1v) is 5.80. The van der Waals surface area contributed by atoms with Crippen molar-refractivity contribution in [3.8, 4) is 11.5 Å². The van der Waals surface area contributed by atoms with Gasteiger partial charge in [-0.15, -0.1) is 0 Å². The molecule has 5 nitrogen and oxygen atoms in total. The van der Waals surface area contributed by atoms with Crippen molar-refractivity contribution < 1.29 is 14.3 Å². The topological polar surface area (TPSA) is 50.8 Å². The summed E-state index contributed by atoms with van der Waals surface area (Å²) in [7, 11) is 5.48. The molecule has 0 saturated carbocycles. The van der Waals surface area contributed by atoms with E-state index >= 15 is 0 Å². The third-order valence-corrected chi connectivity index (χ3v) is 2.31. The lowest BCUT2D eigenvalue weighted by atomic mass is 10.3. The number of carbonyl (C=O) groups is 1. The molecule has 1 aromatic rings. The van der Waals surface area contributed by atoms with Gasteiger partial charge in [0.2, 0.25) is 0 Å². The number of carbonyl (C=O) groups excluding carboxylic acids is 1. The predicted molar refractivity (Wildman–Crippen MR) is 70.1 cm³/mol. The van der Waals surface area contributed by atoms with Gasteiger partial charge in [-0.1, -0.05) is 12.1 Å². The lowest BCUT2D eigenvalue weighted by Gasteiger charge is -2.12. The van der Waals surface area contributed by atoms with Gasteiger partial charge < -0.3 is 19.7 Å². The van der Waals surface area contributed by atoms with Crippen LogP contribution in [0.2, 0.25) is 0 Å². The van der Waals surface area contributed by atoms with Crippen LogP contribution < -0.4 is 14.8 Å². The first kappa shape index (κ1) is 14.3. The van der Waals surface area contributed by atoms with Crippen molar-refractivity contribution in [3.05, 3.63) is 24.3 Å². The van der Waals surface area contributed by atoms with E-state index in [1.165, 1.54) is 0 Å². The third-order valence-electron chi connectivity index (χ3n) is 2.31. The molecule has 5 heteroatoms. The van der Waals surface area contributed by atoms with Crippen LogP contribution in [0.1, 0.15) is 0 Å². The summed E-state index contributed by atoms with van der Waals surface area (Å²) in [5, 5.41) is 2.78. The number of hydrogen-bond acceptors (Lipinski definition) is 4. The Balaban J connectivity index is 2.33. The van der Waals surface area contributed by atoms with Gasteiger partial charge in [0.05, 0.1) is 7.11 Å². The second kappa shape index (κ2) is 7.55. The van der Waals surface area contributed by atoms with Gasteiger partial charge in [0.25, 0.3) is 5.91 Å². The number of ether oxygens (including phenoxy) is 2. The van der Waals surface area contributed by atoms with Gasteiger partial charge >= 0.3 is 0 Å². The molecule has 1 amide bonds. The maximum atomic E-state index is 11.5. The Bertz CT molecular complexity index is 380. The molecule has 0 saturated heterocycles. The molecule has 0 atom stereocenters. The zero-order chi connectivity index (χ0) is 13.4. The number of nitrogens with one attached hydrogen (secondary N) is 1. The van der Waals surface area contributed by atoms with Crippen molar-refractivity contribution in [2.45, 2.75) is 0 Å². The van der Waals surface area contributed by atoms with Crippen molar-refractivity contribution in [2.24, 2.45) is 0 Å². The fraction of sp³-hybridized carbons (Fsp3) is 0.462. The van der Waals surface area contributed by atoms with Crippen LogP contribution in [-0.2, 0) is 4.79 Å². The smallest absolute Gasteiger partial charge is 0.257 e. The van der Waals surface area contributed by atoms with Crippen molar-refractivity contribution in [1.29, 1.82) is 0 Å². The van der Waals surface area contributed by atoms with Crippen molar-refractivity contribution in [2.75, 3.05) is 40.9 Å². The average Bonchev–Trinajstić information content (AvgIpc) is 2.36. The predicted octanol–water partition coefficient (Wildman–Crippen LogP) is 0.752. The Morgan fingerprint density at radius 1 is 1.28 bits per heavy atom. The monoisotopic (exact) mass is 252 g/mol. The largest absolute Gasteiger partial charge is 0.493 e. The van der Waals surface area contributed by atoms with Gasteiger partial charge in [0.15, 0.2) is 18.1 Å². The highest BCUT2D eigenvalue weighted by molar-refractivity contribution is 5.77. The first-order valence-electron chi connectivity index (χ1n) is 5.80. The summed E-state index contributed by atoms with van der Waals surface area (Å²) in [5.41, 5.74) is 0. The minimum absolute atomic E-state index is 0.00615. The molecule has 0 radical (unpaired) electrons. The van der Waals surface area contributed by atoms with Crippen molar-refractivity contribution >= 4 is 5.91 Å². The van der Waals surface area contributed by atoms with Crippen LogP contribution in [0.25, 0.3) is 0 Å². The van der Waals surface area contributed by atoms with E-state index in [4.69, 9.17) is 9.47 Å². The average molecular weight is 252 g/mol. The molecule has 18 heavy (non-hydrogen) atoms. The minimum atomic E-state index is -0.136. The molecule has 0 unspecified atom stereocenters. The Morgan fingerprint density at radius 2 is 1.94 bits per heavy atom. The van der Waals surface area contributed by atoms with E-state index in [1.54, 1.807) is 19.2 Å². The second-order valence-corrected chi connectivity index (χ2v) is 4.09. The van der Waals surface area contributed by atoms with Crippen LogP contribution in [0.15, 0.2) is 24.3 Å². The van der Waals surface area contributed by atoms with Crippen LogP contribution in [-0.4, -0.2) is 51.7 Å². The fourth-order valence-electron chi connectivity index (χ4n) is 1.35. The molecule has 0 aliphatic carbocycles. The van der Waals surface area contributed by atoms with Crippen LogP contribution >= 0.6 is 0 Å². The number of benzene rings is 1. The van der Waals surface area contributed by atoms with Gasteiger partial charge in [-0.2, -0.15) is 0 Å². The summed E-state index contributed by atoms with van der Waals surface area (Å²) in [6, 6.07) is 7.25. The third kappa shape index (κ3) is 5.05. The number of amides is 1. The second-order valence-electron chi connectivity index (χ2n) is 4.09. The zero-order valence-electron chi connectivity index (χ0n) is 11.1. The number of nitrogens with zero attached hydrogens (tertiary/aromatic N) is 1. The normalized spacial score (nSPS) is 10.2. The Morgan fingerprint density at radius 3 is 2.56 bits per heavy atom. The quantitative estimate of drug-likeness (QED) is 0.778. The highest BCUT2D eigenvalue weighted by Gasteiger charge is 2.06. The first-order chi connectivity index (χ1) is 8.63. The lowest BCUT2D eigenvalue weighted by Crippen LogP contribution is -2.34. The van der Waals surface area contributed by atoms with Crippen LogP contribution in [0, 0.1) is 0 Å². The minimum Gasteiger partial charge on any atom is -0.493 e. The van der Waals surface area contributed by atoms with E-state index < -0.39 is 0 Å². The Labute approximate surface area is 108 Å². The van der Waals surface area contributed by atoms with E-state index in [2.05, 4.69) is 5.32 Å². The van der Waals surface area contributed by atoms with E-state index in [0.717, 1.165) is 6.54 Å². The molecule has 0 heterocycles. The Kier molecular flexibility index (Phi) is 6.00. The molecule has 0 aliphatic heterocycles. The van der Waals surface area contributed by atoms with Gasteiger partial charge in [0, 0.05) is 13.1 Å². The van der Waals surface area contributed by atoms with Crippen LogP contribution in [0.5, 0.6) is 11.5 Å². The molecule has 1 N–H and O–H groups in total. The molecule has 100 valence electrons. The zero-order valence-corrected chi connectivity index (χ0v) is 11.1. The van der Waals surface area contributed by atoms with Crippen molar-refractivity contribution in [1.82, 2.24) is 10.2 Å². The fourth-order valence-corrected chi connectivity index (χ4v) is 1.35. The molecule has 0 aliphatic rings. The summed E-state index contributed by atoms with van der Waals surface area (Å²) in [4.78, 5) is 13.5. The number of para-hydroxylation sites is 2. The standard InChI is InChI=1S/C13H20N2O3/c1-15(2)9-8-14-13(16)10-18-12-7-5-4-6-11(12)17-3/h4-7H,8-10H2,1-3H3,(H,14,16). The molecule has 0 aromatic heterocycles. The summed E-state index contributed by atoms with van der Waals surface area (Å²) < 4.78 is 10.5. The molecule has 1 rings (SSSR count). The maximum Gasteiger partial charge on any atom is 0.257 e. The number of hydrogen-bond donors (Lipinski definition) is 1. The molecule has 1 aromatic carbocycles. The Hall–Kier alpha value is -1.75. The SMILES string of the molecule is COc1ccccc1OCC(=O)NCCN(C)C. The van der Waals surface area contributed by atoms with Crippen LogP contribution in [0.4, 0.5) is 0 Å².